The van der Waals surface area contributed by atoms with Crippen LogP contribution in [0.2, 0.25) is 10.0 Å². The Bertz CT molecular complexity index is 1230. The summed E-state index contributed by atoms with van der Waals surface area (Å²) in [6, 6.07) is 17.6. The third kappa shape index (κ3) is 6.75. The molecule has 4 nitrogen and oxygen atoms in total. The van der Waals surface area contributed by atoms with Crippen molar-refractivity contribution >= 4 is 40.9 Å². The van der Waals surface area contributed by atoms with Gasteiger partial charge in [0.1, 0.15) is 24.0 Å². The molecule has 3 rings (SSSR count). The van der Waals surface area contributed by atoms with E-state index in [0.717, 1.165) is 23.8 Å². The number of rotatable bonds is 6. The smallest absolute Gasteiger partial charge is 0.416 e. The summed E-state index contributed by atoms with van der Waals surface area (Å²) in [4.78, 5) is 12.5. The SMILES string of the molecule is N#C/C(=C\c1cc(Cl)ccc1OCc1ccc(Cl)cc1)C(=O)Nc1cccc(C(F)(F)F)c1. The highest BCUT2D eigenvalue weighted by Crippen LogP contribution is 2.31. The maximum absolute atomic E-state index is 12.9. The van der Waals surface area contributed by atoms with Crippen molar-refractivity contribution in [1.29, 1.82) is 5.26 Å². The molecule has 3 aromatic rings. The lowest BCUT2D eigenvalue weighted by atomic mass is 10.1. The molecular weight excluding hydrogens is 476 g/mol. The Kier molecular flexibility index (Phi) is 7.64. The maximum Gasteiger partial charge on any atom is 0.416 e. The van der Waals surface area contributed by atoms with Crippen LogP contribution >= 0.6 is 23.2 Å². The summed E-state index contributed by atoms with van der Waals surface area (Å²) >= 11 is 11.9. The Labute approximate surface area is 197 Å². The number of nitrogens with one attached hydrogen (secondary N) is 1. The number of halogens is 5. The molecule has 0 fully saturated rings. The Morgan fingerprint density at radius 1 is 1.03 bits per heavy atom. The Balaban J connectivity index is 1.82. The van der Waals surface area contributed by atoms with Gasteiger partial charge in [0.05, 0.1) is 5.56 Å². The van der Waals surface area contributed by atoms with Gasteiger partial charge in [-0.15, -0.1) is 0 Å². The summed E-state index contributed by atoms with van der Waals surface area (Å²) in [5.41, 5.74) is -0.165. The van der Waals surface area contributed by atoms with E-state index in [1.807, 2.05) is 0 Å². The van der Waals surface area contributed by atoms with E-state index in [-0.39, 0.29) is 17.9 Å². The van der Waals surface area contributed by atoms with E-state index in [9.17, 15) is 23.2 Å². The lowest BCUT2D eigenvalue weighted by Gasteiger charge is -2.11. The van der Waals surface area contributed by atoms with Gasteiger partial charge in [0.2, 0.25) is 0 Å². The van der Waals surface area contributed by atoms with Crippen molar-refractivity contribution in [2.45, 2.75) is 12.8 Å². The molecule has 0 aliphatic heterocycles. The van der Waals surface area contributed by atoms with Gasteiger partial charge in [-0.2, -0.15) is 18.4 Å². The zero-order valence-corrected chi connectivity index (χ0v) is 18.3. The third-order valence-electron chi connectivity index (χ3n) is 4.39. The lowest BCUT2D eigenvalue weighted by molar-refractivity contribution is -0.137. The molecule has 0 aliphatic carbocycles. The van der Waals surface area contributed by atoms with E-state index in [2.05, 4.69) is 5.32 Å². The number of ether oxygens (including phenoxy) is 1. The molecular formula is C24H15Cl2F3N2O2. The minimum absolute atomic E-state index is 0.0960. The molecule has 1 amide bonds. The van der Waals surface area contributed by atoms with Gasteiger partial charge in [-0.3, -0.25) is 4.79 Å². The second kappa shape index (κ2) is 10.4. The molecule has 3 aromatic carbocycles. The fourth-order valence-corrected chi connectivity index (χ4v) is 3.09. The molecule has 0 saturated carbocycles. The van der Waals surface area contributed by atoms with Crippen LogP contribution in [0.5, 0.6) is 5.75 Å². The van der Waals surface area contributed by atoms with Crippen molar-refractivity contribution in [3.05, 3.63) is 99.0 Å². The van der Waals surface area contributed by atoms with E-state index in [0.29, 0.717) is 21.4 Å². The first kappa shape index (κ1) is 24.2. The van der Waals surface area contributed by atoms with Crippen molar-refractivity contribution in [2.75, 3.05) is 5.32 Å². The number of benzene rings is 3. The molecule has 9 heteroatoms. The number of hydrogen-bond acceptors (Lipinski definition) is 3. The predicted molar refractivity (Wildman–Crippen MR) is 121 cm³/mol. The van der Waals surface area contributed by atoms with Crippen molar-refractivity contribution in [2.24, 2.45) is 0 Å². The van der Waals surface area contributed by atoms with Crippen molar-refractivity contribution in [3.8, 4) is 11.8 Å². The van der Waals surface area contributed by atoms with Crippen LogP contribution in [0, 0.1) is 11.3 Å². The molecule has 0 aromatic heterocycles. The second-order valence-corrected chi connectivity index (χ2v) is 7.67. The molecule has 0 bridgehead atoms. The van der Waals surface area contributed by atoms with Gasteiger partial charge in [0.15, 0.2) is 0 Å². The first-order valence-electron chi connectivity index (χ1n) is 9.43. The van der Waals surface area contributed by atoms with Crippen LogP contribution in [0.1, 0.15) is 16.7 Å². The zero-order chi connectivity index (χ0) is 24.0. The minimum Gasteiger partial charge on any atom is -0.488 e. The van der Waals surface area contributed by atoms with E-state index >= 15 is 0 Å². The molecule has 1 N–H and O–H groups in total. The number of amides is 1. The molecule has 0 radical (unpaired) electrons. The molecule has 168 valence electrons. The summed E-state index contributed by atoms with van der Waals surface area (Å²) in [6.07, 6.45) is -3.31. The van der Waals surface area contributed by atoms with Gasteiger partial charge >= 0.3 is 6.18 Å². The first-order chi connectivity index (χ1) is 15.7. The van der Waals surface area contributed by atoms with Crippen LogP contribution in [0.15, 0.2) is 72.3 Å². The monoisotopic (exact) mass is 490 g/mol. The Hall–Kier alpha value is -3.47. The highest BCUT2D eigenvalue weighted by atomic mass is 35.5. The van der Waals surface area contributed by atoms with Crippen molar-refractivity contribution in [1.82, 2.24) is 0 Å². The van der Waals surface area contributed by atoms with Gasteiger partial charge < -0.3 is 10.1 Å². The number of anilines is 1. The summed E-state index contributed by atoms with van der Waals surface area (Å²) in [5, 5.41) is 12.7. The number of hydrogen-bond donors (Lipinski definition) is 1. The molecule has 33 heavy (non-hydrogen) atoms. The summed E-state index contributed by atoms with van der Waals surface area (Å²) in [7, 11) is 0. The predicted octanol–water partition coefficient (Wildman–Crippen LogP) is 7.14. The first-order valence-corrected chi connectivity index (χ1v) is 10.2. The molecule has 0 atom stereocenters. The number of carbonyl (C=O) groups is 1. The number of alkyl halides is 3. The van der Waals surface area contributed by atoms with Crippen molar-refractivity contribution < 1.29 is 22.7 Å². The van der Waals surface area contributed by atoms with Gasteiger partial charge in [0.25, 0.3) is 5.91 Å². The molecule has 0 saturated heterocycles. The quantitative estimate of drug-likeness (QED) is 0.295. The van der Waals surface area contributed by atoms with Crippen LogP contribution < -0.4 is 10.1 Å². The van der Waals surface area contributed by atoms with Crippen LogP contribution in [0.25, 0.3) is 6.08 Å². The van der Waals surface area contributed by atoms with E-state index in [4.69, 9.17) is 27.9 Å². The topological polar surface area (TPSA) is 62.1 Å². The fraction of sp³-hybridized carbons (Fsp3) is 0.0833. The zero-order valence-electron chi connectivity index (χ0n) is 16.8. The Morgan fingerprint density at radius 2 is 1.73 bits per heavy atom. The van der Waals surface area contributed by atoms with Gasteiger partial charge in [-0.05, 0) is 60.2 Å². The van der Waals surface area contributed by atoms with E-state index < -0.39 is 17.6 Å². The average molecular weight is 491 g/mol. The molecule has 0 spiro atoms. The third-order valence-corrected chi connectivity index (χ3v) is 4.88. The molecule has 0 unspecified atom stereocenters. The average Bonchev–Trinajstić information content (AvgIpc) is 2.77. The summed E-state index contributed by atoms with van der Waals surface area (Å²) in [6.45, 7) is 0.192. The van der Waals surface area contributed by atoms with Crippen LogP contribution in [0.3, 0.4) is 0 Å². The molecule has 0 heterocycles. The van der Waals surface area contributed by atoms with Crippen molar-refractivity contribution in [3.63, 3.8) is 0 Å². The lowest BCUT2D eigenvalue weighted by Crippen LogP contribution is -2.14. The van der Waals surface area contributed by atoms with Crippen LogP contribution in [0.4, 0.5) is 18.9 Å². The van der Waals surface area contributed by atoms with Crippen LogP contribution in [-0.2, 0) is 17.6 Å². The standard InChI is InChI=1S/C24H15Cl2F3N2O2/c25-19-6-4-15(5-7-19)14-33-22-9-8-20(26)11-16(22)10-17(13-30)23(32)31-21-3-1-2-18(12-21)24(27,28)29/h1-12H,14H2,(H,31,32)/b17-10+. The second-order valence-electron chi connectivity index (χ2n) is 6.80. The van der Waals surface area contributed by atoms with Crippen LogP contribution in [-0.4, -0.2) is 5.91 Å². The number of carbonyl (C=O) groups excluding carboxylic acids is 1. The van der Waals surface area contributed by atoms with E-state index in [1.54, 1.807) is 42.5 Å². The maximum atomic E-state index is 12.9. The van der Waals surface area contributed by atoms with Gasteiger partial charge in [-0.25, -0.2) is 0 Å². The minimum atomic E-state index is -4.56. The molecule has 0 aliphatic rings. The summed E-state index contributed by atoms with van der Waals surface area (Å²) in [5.74, 6) is -0.519. The largest absolute Gasteiger partial charge is 0.488 e. The highest BCUT2D eigenvalue weighted by molar-refractivity contribution is 6.31. The van der Waals surface area contributed by atoms with Gasteiger partial charge in [-0.1, -0.05) is 41.4 Å². The summed E-state index contributed by atoms with van der Waals surface area (Å²) < 4.78 is 44.5. The number of nitrogens with zero attached hydrogens (tertiary/aromatic N) is 1. The Morgan fingerprint density at radius 3 is 2.39 bits per heavy atom. The normalized spacial score (nSPS) is 11.6. The highest BCUT2D eigenvalue weighted by Gasteiger charge is 2.30. The van der Waals surface area contributed by atoms with Gasteiger partial charge in [0, 0.05) is 21.3 Å². The van der Waals surface area contributed by atoms with E-state index in [1.165, 1.54) is 18.2 Å². The fourth-order valence-electron chi connectivity index (χ4n) is 2.78. The number of nitriles is 1.